The predicted octanol–water partition coefficient (Wildman–Crippen LogP) is 2.42. The summed E-state index contributed by atoms with van der Waals surface area (Å²) in [5.74, 6) is 0. The first-order valence-corrected chi connectivity index (χ1v) is 8.38. The quantitative estimate of drug-likeness (QED) is 0.560. The summed E-state index contributed by atoms with van der Waals surface area (Å²) in [6, 6.07) is 9.40. The van der Waals surface area contributed by atoms with E-state index >= 15 is 0 Å². The Morgan fingerprint density at radius 3 is 2.52 bits per heavy atom. The van der Waals surface area contributed by atoms with Crippen molar-refractivity contribution in [3.05, 3.63) is 70.2 Å². The molecule has 0 aliphatic carbocycles. The maximum atomic E-state index is 6.24. The average molecular weight is 376 g/mol. The van der Waals surface area contributed by atoms with Crippen LogP contribution in [0, 0.1) is 0 Å². The lowest BCUT2D eigenvalue weighted by Gasteiger charge is -2.09. The summed E-state index contributed by atoms with van der Waals surface area (Å²) < 4.78 is 1.94. The van der Waals surface area contributed by atoms with E-state index in [0.29, 0.717) is 16.6 Å². The van der Waals surface area contributed by atoms with Crippen molar-refractivity contribution >= 4 is 23.2 Å². The molecule has 9 heteroatoms. The second-order valence-corrected chi connectivity index (χ2v) is 6.39. The summed E-state index contributed by atoms with van der Waals surface area (Å²) in [6.07, 6.45) is 5.39. The van der Waals surface area contributed by atoms with Crippen LogP contribution in [-0.4, -0.2) is 14.5 Å². The van der Waals surface area contributed by atoms with Gasteiger partial charge >= 0.3 is 0 Å². The molecule has 4 N–H and O–H groups in total. The van der Waals surface area contributed by atoms with Crippen LogP contribution in [0.15, 0.2) is 49.1 Å². The van der Waals surface area contributed by atoms with Gasteiger partial charge in [0.1, 0.15) is 11.9 Å². The number of benzene rings is 1. The van der Waals surface area contributed by atoms with Crippen molar-refractivity contribution in [3.63, 3.8) is 0 Å². The highest BCUT2D eigenvalue weighted by Gasteiger charge is 2.16. The highest BCUT2D eigenvalue weighted by atomic mass is 35.5. The first kappa shape index (κ1) is 16.5. The Labute approximate surface area is 154 Å². The van der Waals surface area contributed by atoms with E-state index in [1.54, 1.807) is 12.5 Å². The van der Waals surface area contributed by atoms with E-state index in [9.17, 15) is 0 Å². The van der Waals surface area contributed by atoms with E-state index in [1.807, 2.05) is 41.1 Å². The number of halogens is 2. The van der Waals surface area contributed by atoms with E-state index in [4.69, 9.17) is 23.2 Å². The monoisotopic (exact) mass is 375 g/mol. The molecular weight excluding hydrogens is 361 g/mol. The summed E-state index contributed by atoms with van der Waals surface area (Å²) in [4.78, 5) is 8.86. The summed E-state index contributed by atoms with van der Waals surface area (Å²) in [6.45, 7) is 0.546. The predicted molar refractivity (Wildman–Crippen MR) is 96.3 cm³/mol. The molecule has 128 valence electrons. The van der Waals surface area contributed by atoms with Gasteiger partial charge in [0, 0.05) is 28.0 Å². The van der Waals surface area contributed by atoms with Crippen LogP contribution in [0.5, 0.6) is 0 Å². The Bertz CT molecular complexity index is 869. The van der Waals surface area contributed by atoms with E-state index < -0.39 is 0 Å². The van der Waals surface area contributed by atoms with Gasteiger partial charge in [0.05, 0.1) is 18.6 Å². The van der Waals surface area contributed by atoms with Crippen molar-refractivity contribution in [2.75, 3.05) is 0 Å². The highest BCUT2D eigenvalue weighted by molar-refractivity contribution is 6.35. The van der Waals surface area contributed by atoms with Crippen LogP contribution in [-0.2, 0) is 6.54 Å². The fourth-order valence-electron chi connectivity index (χ4n) is 2.63. The van der Waals surface area contributed by atoms with Crippen molar-refractivity contribution in [3.8, 4) is 11.4 Å². The largest absolute Gasteiger partial charge is 0.332 e. The number of hydrogen-bond donors (Lipinski definition) is 4. The molecule has 0 radical (unpaired) electrons. The van der Waals surface area contributed by atoms with Crippen molar-refractivity contribution in [2.24, 2.45) is 0 Å². The number of hydrogen-bond acceptors (Lipinski definition) is 6. The molecule has 3 aromatic rings. The lowest BCUT2D eigenvalue weighted by molar-refractivity contribution is 0.554. The number of imidazole rings is 1. The van der Waals surface area contributed by atoms with Gasteiger partial charge in [0.2, 0.25) is 0 Å². The first-order valence-electron chi connectivity index (χ1n) is 7.63. The topological polar surface area (TPSA) is 78.8 Å². The number of nitrogens with zero attached hydrogens (tertiary/aromatic N) is 3. The van der Waals surface area contributed by atoms with Crippen LogP contribution in [0.1, 0.15) is 17.3 Å². The minimum Gasteiger partial charge on any atom is -0.332 e. The second-order valence-electron chi connectivity index (χ2n) is 5.58. The molecule has 2 aromatic heterocycles. The van der Waals surface area contributed by atoms with Gasteiger partial charge in [-0.3, -0.25) is 4.98 Å². The molecule has 0 saturated carbocycles. The van der Waals surface area contributed by atoms with E-state index in [0.717, 1.165) is 22.5 Å². The first-order chi connectivity index (χ1) is 12.2. The zero-order valence-electron chi connectivity index (χ0n) is 13.0. The zero-order valence-corrected chi connectivity index (χ0v) is 14.5. The Balaban J connectivity index is 1.58. The van der Waals surface area contributed by atoms with Crippen LogP contribution in [0.2, 0.25) is 10.0 Å². The number of aromatic nitrogens is 3. The van der Waals surface area contributed by atoms with Gasteiger partial charge in [0.25, 0.3) is 0 Å². The molecule has 1 saturated heterocycles. The fraction of sp³-hybridized carbons (Fsp3) is 0.125. The molecular formula is C16H15Cl2N7. The Kier molecular flexibility index (Phi) is 4.67. The van der Waals surface area contributed by atoms with Crippen LogP contribution < -0.4 is 21.9 Å². The number of pyridine rings is 1. The lowest BCUT2D eigenvalue weighted by Crippen LogP contribution is -2.33. The van der Waals surface area contributed by atoms with E-state index in [1.165, 1.54) is 0 Å². The van der Waals surface area contributed by atoms with Crippen LogP contribution in [0.25, 0.3) is 11.4 Å². The Morgan fingerprint density at radius 2 is 1.76 bits per heavy atom. The van der Waals surface area contributed by atoms with Gasteiger partial charge in [-0.2, -0.15) is 11.1 Å². The minimum atomic E-state index is -0.0502. The standard InChI is InChI=1S/C16H15Cl2N7/c17-12-2-1-3-13(18)11(12)7-25-8-15(20-9-25)14-6-10(4-5-19-14)16-21-23-24-22-16/h1-6,8-9,16,21-24H,7H2. The Hall–Kier alpha value is -2.00. The smallest absolute Gasteiger partial charge is 0.111 e. The highest BCUT2D eigenvalue weighted by Crippen LogP contribution is 2.26. The molecule has 0 atom stereocenters. The number of hydrazine groups is 3. The Morgan fingerprint density at radius 1 is 1.00 bits per heavy atom. The normalized spacial score (nSPS) is 15.0. The van der Waals surface area contributed by atoms with Crippen LogP contribution in [0.4, 0.5) is 0 Å². The maximum Gasteiger partial charge on any atom is 0.111 e. The molecule has 1 fully saturated rings. The molecule has 25 heavy (non-hydrogen) atoms. The molecule has 4 rings (SSSR count). The molecule has 1 aliphatic rings. The van der Waals surface area contributed by atoms with Crippen molar-refractivity contribution in [1.82, 2.24) is 36.5 Å². The third-order valence-corrected chi connectivity index (χ3v) is 4.62. The third-order valence-electron chi connectivity index (χ3n) is 3.91. The lowest BCUT2D eigenvalue weighted by atomic mass is 10.1. The molecule has 0 amide bonds. The summed E-state index contributed by atoms with van der Waals surface area (Å²) >= 11 is 12.5. The summed E-state index contributed by atoms with van der Waals surface area (Å²) in [5.41, 5.74) is 15.2. The zero-order chi connectivity index (χ0) is 17.2. The SMILES string of the molecule is Clc1cccc(Cl)c1Cn1cnc(-c2cc(C3NNNN3)ccn2)c1. The number of nitrogens with one attached hydrogen (secondary N) is 4. The molecule has 3 heterocycles. The van der Waals surface area contributed by atoms with Gasteiger partial charge in [-0.05, 0) is 29.8 Å². The molecule has 1 aliphatic heterocycles. The van der Waals surface area contributed by atoms with Crippen LogP contribution >= 0.6 is 23.2 Å². The van der Waals surface area contributed by atoms with Gasteiger partial charge < -0.3 is 4.57 Å². The molecule has 0 bridgehead atoms. The fourth-order valence-corrected chi connectivity index (χ4v) is 3.15. The third kappa shape index (κ3) is 3.52. The van der Waals surface area contributed by atoms with Gasteiger partial charge in [0.15, 0.2) is 0 Å². The maximum absolute atomic E-state index is 6.24. The van der Waals surface area contributed by atoms with E-state index in [-0.39, 0.29) is 6.17 Å². The number of rotatable bonds is 4. The minimum absolute atomic E-state index is 0.0502. The molecule has 0 unspecified atom stereocenters. The van der Waals surface area contributed by atoms with Gasteiger partial charge in [-0.15, -0.1) is 0 Å². The van der Waals surface area contributed by atoms with Crippen molar-refractivity contribution < 1.29 is 0 Å². The van der Waals surface area contributed by atoms with Gasteiger partial charge in [-0.1, -0.05) is 29.3 Å². The average Bonchev–Trinajstić information content (AvgIpc) is 3.30. The van der Waals surface area contributed by atoms with Crippen LogP contribution in [0.3, 0.4) is 0 Å². The molecule has 0 spiro atoms. The van der Waals surface area contributed by atoms with Crippen molar-refractivity contribution in [1.29, 1.82) is 0 Å². The van der Waals surface area contributed by atoms with Gasteiger partial charge in [-0.25, -0.2) is 15.8 Å². The summed E-state index contributed by atoms with van der Waals surface area (Å²) in [5, 5.41) is 1.28. The molecule has 7 nitrogen and oxygen atoms in total. The molecule has 1 aromatic carbocycles. The second kappa shape index (κ2) is 7.09. The van der Waals surface area contributed by atoms with Crippen molar-refractivity contribution in [2.45, 2.75) is 12.7 Å². The van der Waals surface area contributed by atoms with E-state index in [2.05, 4.69) is 31.9 Å². The summed E-state index contributed by atoms with van der Waals surface area (Å²) in [7, 11) is 0.